The molecule has 0 unspecified atom stereocenters. The Kier molecular flexibility index (Phi) is 5.00. The first kappa shape index (κ1) is 16.0. The maximum Gasteiger partial charge on any atom is 0.226 e. The van der Waals surface area contributed by atoms with Crippen molar-refractivity contribution >= 4 is 21.6 Å². The first-order chi connectivity index (χ1) is 9.96. The maximum absolute atomic E-state index is 11.8. The summed E-state index contributed by atoms with van der Waals surface area (Å²) in [6.45, 7) is 4.72. The molecule has 116 valence electrons. The Morgan fingerprint density at radius 2 is 2.10 bits per heavy atom. The van der Waals surface area contributed by atoms with Crippen LogP contribution in [0.5, 0.6) is 0 Å². The van der Waals surface area contributed by atoms with Crippen LogP contribution in [0.3, 0.4) is 0 Å². The molecule has 1 aromatic carbocycles. The molecular formula is C15H22N2O3S. The van der Waals surface area contributed by atoms with Gasteiger partial charge in [0, 0.05) is 25.2 Å². The number of rotatable bonds is 6. The Balaban J connectivity index is 2.08. The highest BCUT2D eigenvalue weighted by molar-refractivity contribution is 7.89. The van der Waals surface area contributed by atoms with Crippen LogP contribution in [0.25, 0.3) is 0 Å². The number of fused-ring (bicyclic) bond motifs is 1. The standard InChI is InChI=1S/C15H22N2O3S/c1-3-9-21(19,20)16-11-12-5-6-14-13(10-12)7-8-17(14)15(18)4-2/h5-6,10,16H,3-4,7-9,11H2,1-2H3. The summed E-state index contributed by atoms with van der Waals surface area (Å²) >= 11 is 0. The summed E-state index contributed by atoms with van der Waals surface area (Å²) in [6.07, 6.45) is 1.93. The molecule has 0 aromatic heterocycles. The molecule has 2 rings (SSSR count). The summed E-state index contributed by atoms with van der Waals surface area (Å²) in [5, 5.41) is 0. The Bertz CT molecular complexity index is 626. The lowest BCUT2D eigenvalue weighted by molar-refractivity contribution is -0.118. The summed E-state index contributed by atoms with van der Waals surface area (Å²) in [5.74, 6) is 0.279. The molecule has 0 fully saturated rings. The molecule has 1 heterocycles. The van der Waals surface area contributed by atoms with Gasteiger partial charge in [-0.05, 0) is 30.0 Å². The van der Waals surface area contributed by atoms with Gasteiger partial charge in [0.25, 0.3) is 0 Å². The summed E-state index contributed by atoms with van der Waals surface area (Å²) in [6, 6.07) is 5.79. The van der Waals surface area contributed by atoms with Crippen molar-refractivity contribution in [3.8, 4) is 0 Å². The third kappa shape index (κ3) is 3.83. The fraction of sp³-hybridized carbons (Fsp3) is 0.533. The van der Waals surface area contributed by atoms with Crippen molar-refractivity contribution in [3.63, 3.8) is 0 Å². The molecule has 6 heteroatoms. The number of benzene rings is 1. The number of carbonyl (C=O) groups is 1. The second-order valence-electron chi connectivity index (χ2n) is 5.25. The van der Waals surface area contributed by atoms with Gasteiger partial charge in [-0.3, -0.25) is 4.79 Å². The average Bonchev–Trinajstić information content (AvgIpc) is 2.87. The van der Waals surface area contributed by atoms with E-state index in [1.807, 2.05) is 32.0 Å². The van der Waals surface area contributed by atoms with Gasteiger partial charge in [0.1, 0.15) is 0 Å². The van der Waals surface area contributed by atoms with Gasteiger partial charge in [-0.15, -0.1) is 0 Å². The van der Waals surface area contributed by atoms with Crippen LogP contribution in [-0.2, 0) is 27.8 Å². The Morgan fingerprint density at radius 3 is 2.76 bits per heavy atom. The van der Waals surface area contributed by atoms with E-state index < -0.39 is 10.0 Å². The minimum absolute atomic E-state index is 0.130. The lowest BCUT2D eigenvalue weighted by Gasteiger charge is -2.16. The smallest absolute Gasteiger partial charge is 0.226 e. The molecule has 5 nitrogen and oxygen atoms in total. The van der Waals surface area contributed by atoms with Crippen molar-refractivity contribution < 1.29 is 13.2 Å². The largest absolute Gasteiger partial charge is 0.312 e. The summed E-state index contributed by atoms with van der Waals surface area (Å²) in [4.78, 5) is 13.6. The van der Waals surface area contributed by atoms with Crippen LogP contribution < -0.4 is 9.62 Å². The molecule has 1 aliphatic heterocycles. The first-order valence-electron chi connectivity index (χ1n) is 7.36. The van der Waals surface area contributed by atoms with Gasteiger partial charge in [-0.25, -0.2) is 13.1 Å². The zero-order valence-electron chi connectivity index (χ0n) is 12.6. The monoisotopic (exact) mass is 310 g/mol. The Labute approximate surface area is 126 Å². The predicted molar refractivity (Wildman–Crippen MR) is 83.7 cm³/mol. The zero-order chi connectivity index (χ0) is 15.5. The lowest BCUT2D eigenvalue weighted by atomic mass is 10.1. The number of anilines is 1. The van der Waals surface area contributed by atoms with Gasteiger partial charge in [0.05, 0.1) is 5.75 Å². The van der Waals surface area contributed by atoms with Crippen molar-refractivity contribution in [2.75, 3.05) is 17.2 Å². The molecule has 0 saturated carbocycles. The second kappa shape index (κ2) is 6.58. The van der Waals surface area contributed by atoms with Crippen LogP contribution in [0, 0.1) is 0 Å². The van der Waals surface area contributed by atoms with E-state index in [2.05, 4.69) is 4.72 Å². The van der Waals surface area contributed by atoms with E-state index in [1.165, 1.54) is 0 Å². The van der Waals surface area contributed by atoms with E-state index in [0.29, 0.717) is 25.9 Å². The molecule has 1 aromatic rings. The molecule has 0 radical (unpaired) electrons. The number of hydrogen-bond acceptors (Lipinski definition) is 3. The van der Waals surface area contributed by atoms with Crippen LogP contribution in [-0.4, -0.2) is 26.6 Å². The van der Waals surface area contributed by atoms with Crippen LogP contribution >= 0.6 is 0 Å². The number of amides is 1. The van der Waals surface area contributed by atoms with Crippen molar-refractivity contribution in [2.24, 2.45) is 0 Å². The van der Waals surface area contributed by atoms with E-state index in [9.17, 15) is 13.2 Å². The molecule has 1 amide bonds. The Hall–Kier alpha value is -1.40. The normalized spacial score (nSPS) is 14.3. The number of sulfonamides is 1. The van der Waals surface area contributed by atoms with E-state index in [1.54, 1.807) is 4.90 Å². The van der Waals surface area contributed by atoms with Gasteiger partial charge < -0.3 is 4.90 Å². The molecule has 21 heavy (non-hydrogen) atoms. The number of carbonyl (C=O) groups excluding carboxylic acids is 1. The van der Waals surface area contributed by atoms with Crippen LogP contribution in [0.1, 0.15) is 37.8 Å². The first-order valence-corrected chi connectivity index (χ1v) is 9.01. The van der Waals surface area contributed by atoms with Crippen LogP contribution in [0.2, 0.25) is 0 Å². The highest BCUT2D eigenvalue weighted by Gasteiger charge is 2.23. The van der Waals surface area contributed by atoms with Gasteiger partial charge in [0.15, 0.2) is 0 Å². The fourth-order valence-corrected chi connectivity index (χ4v) is 3.62. The summed E-state index contributed by atoms with van der Waals surface area (Å²) in [7, 11) is -3.19. The molecule has 0 aliphatic carbocycles. The molecule has 0 bridgehead atoms. The van der Waals surface area contributed by atoms with Crippen molar-refractivity contribution in [1.29, 1.82) is 0 Å². The van der Waals surface area contributed by atoms with Gasteiger partial charge in [-0.1, -0.05) is 26.0 Å². The van der Waals surface area contributed by atoms with E-state index in [-0.39, 0.29) is 11.7 Å². The highest BCUT2D eigenvalue weighted by atomic mass is 32.2. The molecule has 1 N–H and O–H groups in total. The van der Waals surface area contributed by atoms with Gasteiger partial charge >= 0.3 is 0 Å². The minimum atomic E-state index is -3.19. The number of nitrogens with one attached hydrogen (secondary N) is 1. The second-order valence-corrected chi connectivity index (χ2v) is 7.18. The van der Waals surface area contributed by atoms with Gasteiger partial charge in [0.2, 0.25) is 15.9 Å². The maximum atomic E-state index is 11.8. The molecule has 0 spiro atoms. The quantitative estimate of drug-likeness (QED) is 0.871. The molecular weight excluding hydrogens is 288 g/mol. The Morgan fingerprint density at radius 1 is 1.33 bits per heavy atom. The number of nitrogens with zero attached hydrogens (tertiary/aromatic N) is 1. The zero-order valence-corrected chi connectivity index (χ0v) is 13.4. The van der Waals surface area contributed by atoms with E-state index in [0.717, 1.165) is 23.2 Å². The summed E-state index contributed by atoms with van der Waals surface area (Å²) in [5.41, 5.74) is 3.00. The van der Waals surface area contributed by atoms with Gasteiger partial charge in [-0.2, -0.15) is 0 Å². The SMILES string of the molecule is CCCS(=O)(=O)NCc1ccc2c(c1)CCN2C(=O)CC. The molecule has 1 aliphatic rings. The third-order valence-electron chi connectivity index (χ3n) is 3.61. The summed E-state index contributed by atoms with van der Waals surface area (Å²) < 4.78 is 25.9. The van der Waals surface area contributed by atoms with E-state index >= 15 is 0 Å². The minimum Gasteiger partial charge on any atom is -0.312 e. The van der Waals surface area contributed by atoms with E-state index in [4.69, 9.17) is 0 Å². The third-order valence-corrected chi connectivity index (χ3v) is 5.14. The highest BCUT2D eigenvalue weighted by Crippen LogP contribution is 2.29. The van der Waals surface area contributed by atoms with Crippen LogP contribution in [0.4, 0.5) is 5.69 Å². The molecule has 0 saturated heterocycles. The van der Waals surface area contributed by atoms with Crippen molar-refractivity contribution in [3.05, 3.63) is 29.3 Å². The van der Waals surface area contributed by atoms with Crippen LogP contribution in [0.15, 0.2) is 18.2 Å². The lowest BCUT2D eigenvalue weighted by Crippen LogP contribution is -2.27. The topological polar surface area (TPSA) is 66.5 Å². The average molecular weight is 310 g/mol. The fourth-order valence-electron chi connectivity index (χ4n) is 2.55. The predicted octanol–water partition coefficient (Wildman–Crippen LogP) is 1.82. The van der Waals surface area contributed by atoms with Crippen molar-refractivity contribution in [2.45, 2.75) is 39.7 Å². The molecule has 0 atom stereocenters. The van der Waals surface area contributed by atoms with Crippen molar-refractivity contribution in [1.82, 2.24) is 4.72 Å². The number of hydrogen-bond donors (Lipinski definition) is 1.